The summed E-state index contributed by atoms with van der Waals surface area (Å²) < 4.78 is 0. The van der Waals surface area contributed by atoms with Crippen molar-refractivity contribution in [3.05, 3.63) is 11.8 Å². The molecular formula is C11H20N4. The van der Waals surface area contributed by atoms with Gasteiger partial charge in [0.2, 0.25) is 5.95 Å². The molecule has 0 bridgehead atoms. The van der Waals surface area contributed by atoms with Crippen LogP contribution in [-0.2, 0) is 0 Å². The standard InChI is InChI=1S/C11H20N4/c1-5-11(3,4)7-14-9-8(2)6-13-10(12)15-9/h6H,5,7H2,1-4H3,(H3,12,13,14,15). The molecule has 84 valence electrons. The minimum absolute atomic E-state index is 0.270. The van der Waals surface area contributed by atoms with E-state index in [1.54, 1.807) is 6.20 Å². The Bertz CT molecular complexity index is 333. The fourth-order valence-electron chi connectivity index (χ4n) is 1.08. The van der Waals surface area contributed by atoms with Gasteiger partial charge in [0, 0.05) is 18.3 Å². The smallest absolute Gasteiger partial charge is 0.221 e. The SMILES string of the molecule is CCC(C)(C)CNc1nc(N)ncc1C. The number of nitrogens with one attached hydrogen (secondary N) is 1. The van der Waals surface area contributed by atoms with Crippen LogP contribution < -0.4 is 11.1 Å². The van der Waals surface area contributed by atoms with E-state index in [0.29, 0.717) is 5.95 Å². The summed E-state index contributed by atoms with van der Waals surface area (Å²) in [6.45, 7) is 9.49. The first-order valence-electron chi connectivity index (χ1n) is 5.27. The summed E-state index contributed by atoms with van der Waals surface area (Å²) in [5, 5.41) is 3.31. The van der Waals surface area contributed by atoms with Crippen molar-refractivity contribution in [3.63, 3.8) is 0 Å². The molecule has 1 aromatic rings. The molecule has 4 heteroatoms. The van der Waals surface area contributed by atoms with Gasteiger partial charge < -0.3 is 11.1 Å². The predicted octanol–water partition coefficient (Wildman–Crippen LogP) is 2.22. The Hall–Kier alpha value is -1.32. The third-order valence-corrected chi connectivity index (χ3v) is 2.68. The van der Waals surface area contributed by atoms with Crippen LogP contribution >= 0.6 is 0 Å². The van der Waals surface area contributed by atoms with Crippen molar-refractivity contribution in [2.75, 3.05) is 17.6 Å². The van der Waals surface area contributed by atoms with Gasteiger partial charge in [0.25, 0.3) is 0 Å². The molecule has 0 radical (unpaired) electrons. The monoisotopic (exact) mass is 208 g/mol. The van der Waals surface area contributed by atoms with Crippen LogP contribution in [0.4, 0.5) is 11.8 Å². The Kier molecular flexibility index (Phi) is 3.50. The molecule has 0 spiro atoms. The maximum absolute atomic E-state index is 5.54. The molecule has 0 atom stereocenters. The number of nitrogen functional groups attached to an aromatic ring is 1. The van der Waals surface area contributed by atoms with E-state index in [1.165, 1.54) is 0 Å². The average molecular weight is 208 g/mol. The number of nitrogens with two attached hydrogens (primary N) is 1. The number of nitrogens with zero attached hydrogens (tertiary/aromatic N) is 2. The third-order valence-electron chi connectivity index (χ3n) is 2.68. The van der Waals surface area contributed by atoms with Gasteiger partial charge in [-0.1, -0.05) is 20.8 Å². The molecule has 1 rings (SSSR count). The van der Waals surface area contributed by atoms with E-state index in [4.69, 9.17) is 5.73 Å². The van der Waals surface area contributed by atoms with Crippen molar-refractivity contribution in [2.24, 2.45) is 5.41 Å². The summed E-state index contributed by atoms with van der Waals surface area (Å²) in [6, 6.07) is 0. The second kappa shape index (κ2) is 4.47. The number of anilines is 2. The molecule has 0 aliphatic carbocycles. The van der Waals surface area contributed by atoms with E-state index in [-0.39, 0.29) is 5.41 Å². The maximum Gasteiger partial charge on any atom is 0.221 e. The van der Waals surface area contributed by atoms with E-state index in [9.17, 15) is 0 Å². The van der Waals surface area contributed by atoms with Gasteiger partial charge in [0.1, 0.15) is 5.82 Å². The second-order valence-electron chi connectivity index (χ2n) is 4.63. The van der Waals surface area contributed by atoms with Crippen LogP contribution in [0.15, 0.2) is 6.20 Å². The van der Waals surface area contributed by atoms with Gasteiger partial charge in [0.05, 0.1) is 0 Å². The van der Waals surface area contributed by atoms with Crippen LogP contribution in [0.1, 0.15) is 32.8 Å². The van der Waals surface area contributed by atoms with Gasteiger partial charge in [-0.3, -0.25) is 0 Å². The number of hydrogen-bond donors (Lipinski definition) is 2. The van der Waals surface area contributed by atoms with Crippen LogP contribution in [0.5, 0.6) is 0 Å². The Labute approximate surface area is 91.3 Å². The normalized spacial score (nSPS) is 11.5. The van der Waals surface area contributed by atoms with E-state index in [1.807, 2.05) is 6.92 Å². The van der Waals surface area contributed by atoms with Gasteiger partial charge in [-0.2, -0.15) is 4.98 Å². The lowest BCUT2D eigenvalue weighted by atomic mass is 9.90. The number of aromatic nitrogens is 2. The van der Waals surface area contributed by atoms with E-state index in [2.05, 4.69) is 36.1 Å². The van der Waals surface area contributed by atoms with Crippen LogP contribution in [0.25, 0.3) is 0 Å². The molecule has 0 unspecified atom stereocenters. The van der Waals surface area contributed by atoms with Gasteiger partial charge in [0.15, 0.2) is 0 Å². The van der Waals surface area contributed by atoms with Crippen molar-refractivity contribution < 1.29 is 0 Å². The summed E-state index contributed by atoms with van der Waals surface area (Å²) >= 11 is 0. The molecule has 0 amide bonds. The van der Waals surface area contributed by atoms with Gasteiger partial charge in [-0.15, -0.1) is 0 Å². The molecule has 0 aliphatic rings. The zero-order chi connectivity index (χ0) is 11.5. The lowest BCUT2D eigenvalue weighted by Gasteiger charge is -2.23. The molecule has 0 fully saturated rings. The van der Waals surface area contributed by atoms with Crippen LogP contribution in [0, 0.1) is 12.3 Å². The number of aryl methyl sites for hydroxylation is 1. The van der Waals surface area contributed by atoms with E-state index >= 15 is 0 Å². The molecule has 1 heterocycles. The van der Waals surface area contributed by atoms with Crippen LogP contribution in [-0.4, -0.2) is 16.5 Å². The molecule has 3 N–H and O–H groups in total. The van der Waals surface area contributed by atoms with Crippen molar-refractivity contribution >= 4 is 11.8 Å². The highest BCUT2D eigenvalue weighted by Gasteiger charge is 2.15. The molecule has 0 saturated heterocycles. The summed E-state index contributed by atoms with van der Waals surface area (Å²) in [4.78, 5) is 8.10. The van der Waals surface area contributed by atoms with Crippen molar-refractivity contribution in [1.29, 1.82) is 0 Å². The van der Waals surface area contributed by atoms with Crippen molar-refractivity contribution in [3.8, 4) is 0 Å². The molecule has 15 heavy (non-hydrogen) atoms. The Morgan fingerprint density at radius 3 is 2.73 bits per heavy atom. The maximum atomic E-state index is 5.54. The van der Waals surface area contributed by atoms with E-state index in [0.717, 1.165) is 24.3 Å². The molecule has 4 nitrogen and oxygen atoms in total. The highest BCUT2D eigenvalue weighted by molar-refractivity contribution is 5.45. The molecule has 0 saturated carbocycles. The molecule has 0 aromatic carbocycles. The third kappa shape index (κ3) is 3.38. The van der Waals surface area contributed by atoms with Crippen molar-refractivity contribution in [2.45, 2.75) is 34.1 Å². The zero-order valence-electron chi connectivity index (χ0n) is 9.96. The molecule has 1 aromatic heterocycles. The average Bonchev–Trinajstić information content (AvgIpc) is 2.20. The second-order valence-corrected chi connectivity index (χ2v) is 4.63. The Balaban J connectivity index is 2.69. The topological polar surface area (TPSA) is 63.8 Å². The van der Waals surface area contributed by atoms with Crippen molar-refractivity contribution in [1.82, 2.24) is 9.97 Å². The van der Waals surface area contributed by atoms with Gasteiger partial charge in [-0.05, 0) is 18.8 Å². The van der Waals surface area contributed by atoms with Crippen LogP contribution in [0.2, 0.25) is 0 Å². The van der Waals surface area contributed by atoms with E-state index < -0.39 is 0 Å². The minimum Gasteiger partial charge on any atom is -0.369 e. The largest absolute Gasteiger partial charge is 0.369 e. The fourth-order valence-corrected chi connectivity index (χ4v) is 1.08. The highest BCUT2D eigenvalue weighted by Crippen LogP contribution is 2.21. The molecular weight excluding hydrogens is 188 g/mol. The Morgan fingerprint density at radius 2 is 2.13 bits per heavy atom. The quantitative estimate of drug-likeness (QED) is 0.796. The lowest BCUT2D eigenvalue weighted by Crippen LogP contribution is -2.23. The number of hydrogen-bond acceptors (Lipinski definition) is 4. The fraction of sp³-hybridized carbons (Fsp3) is 0.636. The molecule has 0 aliphatic heterocycles. The first-order chi connectivity index (χ1) is 6.94. The van der Waals surface area contributed by atoms with Gasteiger partial charge >= 0.3 is 0 Å². The minimum atomic E-state index is 0.270. The summed E-state index contributed by atoms with van der Waals surface area (Å²) in [6.07, 6.45) is 2.86. The lowest BCUT2D eigenvalue weighted by molar-refractivity contribution is 0.376. The number of rotatable bonds is 4. The zero-order valence-corrected chi connectivity index (χ0v) is 9.96. The predicted molar refractivity (Wildman–Crippen MR) is 63.7 cm³/mol. The van der Waals surface area contributed by atoms with Crippen LogP contribution in [0.3, 0.4) is 0 Å². The highest BCUT2D eigenvalue weighted by atomic mass is 15.1. The van der Waals surface area contributed by atoms with Gasteiger partial charge in [-0.25, -0.2) is 4.98 Å². The summed E-state index contributed by atoms with van der Waals surface area (Å²) in [7, 11) is 0. The first kappa shape index (κ1) is 11.8. The Morgan fingerprint density at radius 1 is 1.47 bits per heavy atom. The first-order valence-corrected chi connectivity index (χ1v) is 5.27. The summed E-state index contributed by atoms with van der Waals surface area (Å²) in [5.41, 5.74) is 6.83. The summed E-state index contributed by atoms with van der Waals surface area (Å²) in [5.74, 6) is 1.15.